The van der Waals surface area contributed by atoms with E-state index in [0.29, 0.717) is 5.56 Å². The molecule has 24 heavy (non-hydrogen) atoms. The van der Waals surface area contributed by atoms with Crippen LogP contribution in [0.4, 0.5) is 0 Å². The average molecular weight is 390 g/mol. The fraction of sp³-hybridized carbons (Fsp3) is 0.214. The molecule has 0 spiro atoms. The van der Waals surface area contributed by atoms with Crippen molar-refractivity contribution in [3.63, 3.8) is 0 Å². The van der Waals surface area contributed by atoms with E-state index in [0.717, 1.165) is 0 Å². The number of sulfonamides is 2. The first-order chi connectivity index (χ1) is 11.3. The lowest BCUT2D eigenvalue weighted by molar-refractivity contribution is 0.575. The van der Waals surface area contributed by atoms with Gasteiger partial charge >= 0.3 is 0 Å². The van der Waals surface area contributed by atoms with Gasteiger partial charge < -0.3 is 0 Å². The number of hydrogen-bond donors (Lipinski definition) is 2. The maximum atomic E-state index is 12.1. The van der Waals surface area contributed by atoms with E-state index in [4.69, 9.17) is 11.6 Å². The van der Waals surface area contributed by atoms with E-state index in [9.17, 15) is 16.8 Å². The van der Waals surface area contributed by atoms with Gasteiger partial charge in [-0.2, -0.15) is 0 Å². The molecule has 1 aromatic carbocycles. The van der Waals surface area contributed by atoms with Gasteiger partial charge in [0.1, 0.15) is 4.90 Å². The van der Waals surface area contributed by atoms with Gasteiger partial charge in [0.2, 0.25) is 20.0 Å². The van der Waals surface area contributed by atoms with E-state index in [2.05, 4.69) is 14.4 Å². The molecule has 0 saturated carbocycles. The van der Waals surface area contributed by atoms with Crippen molar-refractivity contribution in [1.29, 1.82) is 0 Å². The highest BCUT2D eigenvalue weighted by Gasteiger charge is 2.18. The first kappa shape index (κ1) is 18.8. The summed E-state index contributed by atoms with van der Waals surface area (Å²) in [5, 5.41) is 0.0718. The van der Waals surface area contributed by atoms with Crippen LogP contribution in [0.25, 0.3) is 0 Å². The van der Waals surface area contributed by atoms with Crippen LogP contribution in [-0.4, -0.2) is 34.1 Å². The third-order valence-electron chi connectivity index (χ3n) is 3.01. The molecule has 7 nitrogen and oxygen atoms in total. The van der Waals surface area contributed by atoms with E-state index in [1.807, 2.05) is 0 Å². The lowest BCUT2D eigenvalue weighted by Crippen LogP contribution is -2.34. The van der Waals surface area contributed by atoms with Gasteiger partial charge in [-0.1, -0.05) is 29.8 Å². The summed E-state index contributed by atoms with van der Waals surface area (Å²) in [6, 6.07) is 9.36. The van der Waals surface area contributed by atoms with E-state index < -0.39 is 25.8 Å². The Labute approximate surface area is 146 Å². The number of rotatable bonds is 8. The summed E-state index contributed by atoms with van der Waals surface area (Å²) in [7, 11) is -7.50. The van der Waals surface area contributed by atoms with Gasteiger partial charge in [-0.3, -0.25) is 4.98 Å². The zero-order valence-electron chi connectivity index (χ0n) is 12.5. The molecule has 10 heteroatoms. The fourth-order valence-electron chi connectivity index (χ4n) is 1.82. The molecule has 130 valence electrons. The number of hydrogen-bond acceptors (Lipinski definition) is 5. The first-order valence-corrected chi connectivity index (χ1v) is 10.4. The molecule has 0 aliphatic carbocycles. The zero-order chi connectivity index (χ0) is 17.6. The molecule has 2 N–H and O–H groups in total. The summed E-state index contributed by atoms with van der Waals surface area (Å²) in [6.07, 6.45) is 3.13. The van der Waals surface area contributed by atoms with Crippen LogP contribution in [0.2, 0.25) is 5.02 Å². The minimum Gasteiger partial charge on any atom is -0.264 e. The summed E-state index contributed by atoms with van der Waals surface area (Å²) < 4.78 is 52.6. The van der Waals surface area contributed by atoms with Crippen molar-refractivity contribution in [2.24, 2.45) is 0 Å². The van der Waals surface area contributed by atoms with E-state index in [1.165, 1.54) is 18.2 Å². The van der Waals surface area contributed by atoms with Crippen molar-refractivity contribution in [2.45, 2.75) is 11.4 Å². The minimum atomic E-state index is -3.86. The Hall–Kier alpha value is -1.52. The second-order valence-electron chi connectivity index (χ2n) is 4.83. The van der Waals surface area contributed by atoms with Crippen LogP contribution in [0.1, 0.15) is 5.56 Å². The van der Waals surface area contributed by atoms with Gasteiger partial charge in [-0.25, -0.2) is 26.3 Å². The topological polar surface area (TPSA) is 105 Å². The number of aromatic nitrogens is 1. The molecule has 0 fully saturated rings. The van der Waals surface area contributed by atoms with Crippen LogP contribution in [0.3, 0.4) is 0 Å². The standard InChI is InChI=1S/C14H16ClN3O4S2/c15-13-5-1-2-6-14(13)24(21,22)17-8-9-23(19,20)18-11-12-4-3-7-16-10-12/h1-7,10,17-18H,8-9,11H2. The molecule has 1 aromatic heterocycles. The Morgan fingerprint density at radius 3 is 2.42 bits per heavy atom. The summed E-state index contributed by atoms with van der Waals surface area (Å²) in [5.74, 6) is -0.392. The quantitative estimate of drug-likeness (QED) is 0.704. The summed E-state index contributed by atoms with van der Waals surface area (Å²) in [6.45, 7) is -0.177. The van der Waals surface area contributed by atoms with Crippen molar-refractivity contribution in [3.8, 4) is 0 Å². The van der Waals surface area contributed by atoms with Crippen LogP contribution in [0.5, 0.6) is 0 Å². The first-order valence-electron chi connectivity index (χ1n) is 6.91. The highest BCUT2D eigenvalue weighted by molar-refractivity contribution is 7.90. The Bertz CT molecular complexity index is 887. The third kappa shape index (κ3) is 5.53. The predicted molar refractivity (Wildman–Crippen MR) is 91.5 cm³/mol. The summed E-state index contributed by atoms with van der Waals surface area (Å²) in [4.78, 5) is 3.79. The van der Waals surface area contributed by atoms with E-state index in [1.54, 1.807) is 30.6 Å². The Morgan fingerprint density at radius 2 is 1.75 bits per heavy atom. The second kappa shape index (κ2) is 8.04. The number of nitrogens with one attached hydrogen (secondary N) is 2. The predicted octanol–water partition coefficient (Wildman–Crippen LogP) is 1.13. The average Bonchev–Trinajstić information content (AvgIpc) is 2.54. The van der Waals surface area contributed by atoms with E-state index >= 15 is 0 Å². The summed E-state index contributed by atoms with van der Waals surface area (Å²) >= 11 is 5.84. The molecule has 0 amide bonds. The van der Waals surface area contributed by atoms with Gasteiger partial charge in [0, 0.05) is 25.5 Å². The number of pyridine rings is 1. The smallest absolute Gasteiger partial charge is 0.242 e. The molecule has 1 heterocycles. The van der Waals surface area contributed by atoms with Crippen molar-refractivity contribution < 1.29 is 16.8 Å². The molecule has 2 rings (SSSR count). The molecule has 0 radical (unpaired) electrons. The summed E-state index contributed by atoms with van der Waals surface area (Å²) in [5.41, 5.74) is 0.706. The van der Waals surface area contributed by atoms with E-state index in [-0.39, 0.29) is 23.0 Å². The minimum absolute atomic E-state index is 0.0718. The largest absolute Gasteiger partial charge is 0.264 e. The van der Waals surface area contributed by atoms with Crippen molar-refractivity contribution in [1.82, 2.24) is 14.4 Å². The van der Waals surface area contributed by atoms with Gasteiger partial charge in [0.05, 0.1) is 10.8 Å². The van der Waals surface area contributed by atoms with Gasteiger partial charge in [-0.15, -0.1) is 0 Å². The molecule has 0 bridgehead atoms. The fourth-order valence-corrected chi connectivity index (χ4v) is 4.40. The molecular formula is C14H16ClN3O4S2. The normalized spacial score (nSPS) is 12.2. The van der Waals surface area contributed by atoms with Crippen LogP contribution in [0.15, 0.2) is 53.7 Å². The van der Waals surface area contributed by atoms with Crippen LogP contribution < -0.4 is 9.44 Å². The molecule has 0 saturated heterocycles. The van der Waals surface area contributed by atoms with Gasteiger partial charge in [0.25, 0.3) is 0 Å². The van der Waals surface area contributed by atoms with Crippen molar-refractivity contribution >= 4 is 31.6 Å². The molecule has 0 atom stereocenters. The molecule has 2 aromatic rings. The van der Waals surface area contributed by atoms with Crippen molar-refractivity contribution in [2.75, 3.05) is 12.3 Å². The van der Waals surface area contributed by atoms with Gasteiger partial charge in [0.15, 0.2) is 0 Å². The lowest BCUT2D eigenvalue weighted by atomic mass is 10.3. The molecule has 0 unspecified atom stereocenters. The van der Waals surface area contributed by atoms with Crippen LogP contribution >= 0.6 is 11.6 Å². The lowest BCUT2D eigenvalue weighted by Gasteiger charge is -2.09. The highest BCUT2D eigenvalue weighted by Crippen LogP contribution is 2.19. The second-order valence-corrected chi connectivity index (χ2v) is 8.90. The highest BCUT2D eigenvalue weighted by atomic mass is 35.5. The number of nitrogens with zero attached hydrogens (tertiary/aromatic N) is 1. The van der Waals surface area contributed by atoms with Crippen LogP contribution in [0, 0.1) is 0 Å². The third-order valence-corrected chi connectivity index (χ3v) is 6.29. The van der Waals surface area contributed by atoms with Gasteiger partial charge in [-0.05, 0) is 23.8 Å². The number of benzene rings is 1. The number of halogens is 1. The van der Waals surface area contributed by atoms with Crippen molar-refractivity contribution in [3.05, 3.63) is 59.4 Å². The molecular weight excluding hydrogens is 374 g/mol. The molecule has 0 aliphatic heterocycles. The zero-order valence-corrected chi connectivity index (χ0v) is 14.9. The maximum Gasteiger partial charge on any atom is 0.242 e. The maximum absolute atomic E-state index is 12.1. The Kier molecular flexibility index (Phi) is 6.30. The molecule has 0 aliphatic rings. The Morgan fingerprint density at radius 1 is 1.00 bits per heavy atom. The Balaban J connectivity index is 1.89. The SMILES string of the molecule is O=S(=O)(CCNS(=O)(=O)c1ccccc1Cl)NCc1cccnc1. The van der Waals surface area contributed by atoms with Crippen LogP contribution in [-0.2, 0) is 26.6 Å². The monoisotopic (exact) mass is 389 g/mol.